The number of aryl methyl sites for hydroxylation is 1. The number of halogens is 1. The molecule has 3 rings (SSSR count). The Balaban J connectivity index is 0.00000147. The highest BCUT2D eigenvalue weighted by molar-refractivity contribution is 7.15. The van der Waals surface area contributed by atoms with E-state index in [2.05, 4.69) is 9.88 Å². The van der Waals surface area contributed by atoms with Crippen LogP contribution in [0.3, 0.4) is 0 Å². The van der Waals surface area contributed by atoms with Crippen LogP contribution >= 0.6 is 23.7 Å². The van der Waals surface area contributed by atoms with Crippen molar-refractivity contribution in [3.63, 3.8) is 0 Å². The van der Waals surface area contributed by atoms with E-state index in [9.17, 15) is 4.79 Å². The fourth-order valence-electron chi connectivity index (χ4n) is 2.65. The first-order valence-electron chi connectivity index (χ1n) is 6.58. The predicted molar refractivity (Wildman–Crippen MR) is 83.8 cm³/mol. The number of thiazole rings is 1. The van der Waals surface area contributed by atoms with Gasteiger partial charge in [-0.3, -0.25) is 14.1 Å². The molecular formula is C13H19ClN4OS. The second-order valence-corrected chi connectivity index (χ2v) is 6.05. The molecule has 0 unspecified atom stereocenters. The Hall–Kier alpha value is -0.950. The zero-order chi connectivity index (χ0) is 13.4. The minimum Gasteiger partial charge on any atom is -0.327 e. The Kier molecular flexibility index (Phi) is 4.80. The number of nitrogens with zero attached hydrogens (tertiary/aromatic N) is 3. The van der Waals surface area contributed by atoms with Crippen molar-refractivity contribution in [3.05, 3.63) is 33.2 Å². The largest absolute Gasteiger partial charge is 0.327 e. The summed E-state index contributed by atoms with van der Waals surface area (Å²) < 4.78 is 1.66. The van der Waals surface area contributed by atoms with Crippen LogP contribution in [0.5, 0.6) is 0 Å². The van der Waals surface area contributed by atoms with E-state index in [1.165, 1.54) is 11.3 Å². The van der Waals surface area contributed by atoms with Gasteiger partial charge < -0.3 is 5.73 Å². The SMILES string of the molecule is Cc1csc2nc(CN3CCC[C@@H](N)C3)cc(=O)n12.Cl. The lowest BCUT2D eigenvalue weighted by atomic mass is 10.1. The number of fused-ring (bicyclic) bond motifs is 1. The summed E-state index contributed by atoms with van der Waals surface area (Å²) >= 11 is 1.51. The van der Waals surface area contributed by atoms with E-state index in [4.69, 9.17) is 5.73 Å². The van der Waals surface area contributed by atoms with Gasteiger partial charge in [0.05, 0.1) is 5.69 Å². The zero-order valence-electron chi connectivity index (χ0n) is 11.4. The average Bonchev–Trinajstić information content (AvgIpc) is 2.71. The molecule has 7 heteroatoms. The number of nitrogens with two attached hydrogens (primary N) is 1. The van der Waals surface area contributed by atoms with Gasteiger partial charge in [-0.05, 0) is 26.3 Å². The monoisotopic (exact) mass is 314 g/mol. The van der Waals surface area contributed by atoms with Gasteiger partial charge >= 0.3 is 0 Å². The Labute approximate surface area is 127 Å². The Morgan fingerprint density at radius 2 is 2.35 bits per heavy atom. The minimum absolute atomic E-state index is 0. The van der Waals surface area contributed by atoms with Crippen molar-refractivity contribution in [1.29, 1.82) is 0 Å². The van der Waals surface area contributed by atoms with E-state index in [0.29, 0.717) is 0 Å². The highest BCUT2D eigenvalue weighted by Crippen LogP contribution is 2.14. The maximum absolute atomic E-state index is 12.1. The van der Waals surface area contributed by atoms with Gasteiger partial charge in [-0.2, -0.15) is 0 Å². The van der Waals surface area contributed by atoms with Crippen molar-refractivity contribution in [3.8, 4) is 0 Å². The highest BCUT2D eigenvalue weighted by Gasteiger charge is 2.17. The van der Waals surface area contributed by atoms with Crippen LogP contribution in [0.15, 0.2) is 16.2 Å². The molecule has 1 saturated heterocycles. The lowest BCUT2D eigenvalue weighted by Crippen LogP contribution is -2.42. The van der Waals surface area contributed by atoms with E-state index >= 15 is 0 Å². The molecule has 0 aromatic carbocycles. The van der Waals surface area contributed by atoms with Crippen molar-refractivity contribution in [2.75, 3.05) is 13.1 Å². The molecule has 0 saturated carbocycles. The number of aromatic nitrogens is 2. The third kappa shape index (κ3) is 3.03. The maximum atomic E-state index is 12.1. The van der Waals surface area contributed by atoms with Gasteiger partial charge in [-0.15, -0.1) is 23.7 Å². The van der Waals surface area contributed by atoms with Gasteiger partial charge in [0, 0.05) is 36.3 Å². The summed E-state index contributed by atoms with van der Waals surface area (Å²) in [6, 6.07) is 1.90. The van der Waals surface area contributed by atoms with E-state index in [0.717, 1.165) is 48.8 Å². The van der Waals surface area contributed by atoms with Gasteiger partial charge in [0.25, 0.3) is 5.56 Å². The summed E-state index contributed by atoms with van der Waals surface area (Å²) in [5.41, 5.74) is 7.79. The van der Waals surface area contributed by atoms with Crippen LogP contribution in [0.1, 0.15) is 24.2 Å². The number of likely N-dealkylation sites (tertiary alicyclic amines) is 1. The fraction of sp³-hybridized carbons (Fsp3) is 0.538. The predicted octanol–water partition coefficient (Wildman–Crippen LogP) is 1.41. The Morgan fingerprint density at radius 3 is 3.10 bits per heavy atom. The van der Waals surface area contributed by atoms with Crippen LogP contribution in [0.4, 0.5) is 0 Å². The summed E-state index contributed by atoms with van der Waals surface area (Å²) in [5.74, 6) is 0. The number of hydrogen-bond donors (Lipinski definition) is 1. The van der Waals surface area contributed by atoms with E-state index in [-0.39, 0.29) is 24.0 Å². The normalized spacial score (nSPS) is 20.0. The Bertz CT molecular complexity index is 653. The third-order valence-electron chi connectivity index (χ3n) is 3.56. The molecular weight excluding hydrogens is 296 g/mol. The quantitative estimate of drug-likeness (QED) is 0.910. The first-order valence-corrected chi connectivity index (χ1v) is 7.46. The molecule has 3 heterocycles. The summed E-state index contributed by atoms with van der Waals surface area (Å²) in [6.45, 7) is 4.58. The number of rotatable bonds is 2. The van der Waals surface area contributed by atoms with E-state index < -0.39 is 0 Å². The van der Waals surface area contributed by atoms with Crippen molar-refractivity contribution in [2.45, 2.75) is 32.4 Å². The molecule has 2 aromatic heterocycles. The van der Waals surface area contributed by atoms with Gasteiger partial charge in [0.1, 0.15) is 0 Å². The summed E-state index contributed by atoms with van der Waals surface area (Å²) in [5, 5.41) is 1.96. The van der Waals surface area contributed by atoms with Crippen molar-refractivity contribution in [1.82, 2.24) is 14.3 Å². The molecule has 110 valence electrons. The maximum Gasteiger partial charge on any atom is 0.259 e. The average molecular weight is 315 g/mol. The first-order chi connectivity index (χ1) is 9.13. The molecule has 0 bridgehead atoms. The number of piperidine rings is 1. The summed E-state index contributed by atoms with van der Waals surface area (Å²) in [4.78, 5) is 19.7. The minimum atomic E-state index is 0. The fourth-order valence-corrected chi connectivity index (χ4v) is 3.54. The highest BCUT2D eigenvalue weighted by atomic mass is 35.5. The van der Waals surface area contributed by atoms with Gasteiger partial charge in [-0.1, -0.05) is 0 Å². The zero-order valence-corrected chi connectivity index (χ0v) is 13.0. The van der Waals surface area contributed by atoms with Crippen LogP contribution in [0, 0.1) is 6.92 Å². The molecule has 2 aromatic rings. The molecule has 1 fully saturated rings. The Morgan fingerprint density at radius 1 is 1.55 bits per heavy atom. The summed E-state index contributed by atoms with van der Waals surface area (Å²) in [6.07, 6.45) is 2.22. The van der Waals surface area contributed by atoms with Crippen LogP contribution in [0.25, 0.3) is 4.96 Å². The van der Waals surface area contributed by atoms with Crippen LogP contribution in [-0.4, -0.2) is 33.4 Å². The van der Waals surface area contributed by atoms with Crippen molar-refractivity contribution in [2.24, 2.45) is 5.73 Å². The molecule has 0 radical (unpaired) electrons. The molecule has 5 nitrogen and oxygen atoms in total. The van der Waals surface area contributed by atoms with Gasteiger partial charge in [-0.25, -0.2) is 4.98 Å². The van der Waals surface area contributed by atoms with Crippen LogP contribution in [0.2, 0.25) is 0 Å². The standard InChI is InChI=1S/C13H18N4OS.ClH/c1-9-8-19-13-15-11(5-12(18)17(9)13)7-16-4-2-3-10(14)6-16;/h5,8,10H,2-4,6-7,14H2,1H3;1H/t10-;/m1./s1. The molecule has 1 atom stereocenters. The second kappa shape index (κ2) is 6.22. The van der Waals surface area contributed by atoms with Crippen LogP contribution < -0.4 is 11.3 Å². The first kappa shape index (κ1) is 15.4. The van der Waals surface area contributed by atoms with Crippen LogP contribution in [-0.2, 0) is 6.54 Å². The lowest BCUT2D eigenvalue weighted by molar-refractivity contribution is 0.199. The molecule has 1 aliphatic heterocycles. The summed E-state index contributed by atoms with van der Waals surface area (Å²) in [7, 11) is 0. The molecule has 0 amide bonds. The van der Waals surface area contributed by atoms with Gasteiger partial charge in [0.2, 0.25) is 0 Å². The molecule has 0 spiro atoms. The van der Waals surface area contributed by atoms with E-state index in [1.54, 1.807) is 10.5 Å². The van der Waals surface area contributed by atoms with Crippen molar-refractivity contribution < 1.29 is 0 Å². The molecule has 1 aliphatic rings. The molecule has 2 N–H and O–H groups in total. The molecule has 20 heavy (non-hydrogen) atoms. The van der Waals surface area contributed by atoms with Gasteiger partial charge in [0.15, 0.2) is 4.96 Å². The molecule has 0 aliphatic carbocycles. The smallest absolute Gasteiger partial charge is 0.259 e. The van der Waals surface area contributed by atoms with E-state index in [1.807, 2.05) is 12.3 Å². The topological polar surface area (TPSA) is 63.6 Å². The lowest BCUT2D eigenvalue weighted by Gasteiger charge is -2.30. The van der Waals surface area contributed by atoms with Crippen molar-refractivity contribution >= 4 is 28.7 Å². The second-order valence-electron chi connectivity index (χ2n) is 5.22. The third-order valence-corrected chi connectivity index (χ3v) is 4.50. The number of hydrogen-bond acceptors (Lipinski definition) is 5.